The van der Waals surface area contributed by atoms with Crippen molar-refractivity contribution in [2.24, 2.45) is 0 Å². The Bertz CT molecular complexity index is 1170. The second kappa shape index (κ2) is 10.0. The average molecular weight is 471 g/mol. The molecule has 0 aliphatic carbocycles. The third-order valence-electron chi connectivity index (χ3n) is 6.99. The van der Waals surface area contributed by atoms with Gasteiger partial charge in [0.1, 0.15) is 5.82 Å². The first-order valence-corrected chi connectivity index (χ1v) is 12.5. The number of urea groups is 1. The van der Waals surface area contributed by atoms with Crippen LogP contribution in [-0.2, 0) is 13.0 Å². The Balaban J connectivity index is 1.40. The summed E-state index contributed by atoms with van der Waals surface area (Å²) >= 11 is 0. The van der Waals surface area contributed by atoms with Crippen molar-refractivity contribution >= 4 is 17.5 Å². The Labute approximate surface area is 207 Å². The third kappa shape index (κ3) is 5.15. The van der Waals surface area contributed by atoms with E-state index >= 15 is 0 Å². The molecule has 7 nitrogen and oxygen atoms in total. The SMILES string of the molecule is CC(C)c1ccc(NC(=O)N2CCc3nc(-c4ccccc4)nc(N4CCN(C)CC4)c3C2)cc1. The predicted octanol–water partition coefficient (Wildman–Crippen LogP) is 4.61. The molecule has 1 fully saturated rings. The Morgan fingerprint density at radius 2 is 1.63 bits per heavy atom. The predicted molar refractivity (Wildman–Crippen MR) is 141 cm³/mol. The highest BCUT2D eigenvalue weighted by molar-refractivity contribution is 5.89. The summed E-state index contributed by atoms with van der Waals surface area (Å²) in [6.45, 7) is 9.32. The summed E-state index contributed by atoms with van der Waals surface area (Å²) in [7, 11) is 2.15. The first kappa shape index (κ1) is 23.3. The second-order valence-electron chi connectivity index (χ2n) is 9.83. The monoisotopic (exact) mass is 470 g/mol. The van der Waals surface area contributed by atoms with Crippen LogP contribution >= 0.6 is 0 Å². The van der Waals surface area contributed by atoms with Gasteiger partial charge < -0.3 is 20.0 Å². The average Bonchev–Trinajstić information content (AvgIpc) is 2.89. The first-order valence-electron chi connectivity index (χ1n) is 12.5. The molecule has 3 aromatic rings. The van der Waals surface area contributed by atoms with Crippen molar-refractivity contribution in [1.29, 1.82) is 0 Å². The number of likely N-dealkylation sites (N-methyl/N-ethyl adjacent to an activating group) is 1. The number of nitrogens with zero attached hydrogens (tertiary/aromatic N) is 5. The van der Waals surface area contributed by atoms with Crippen molar-refractivity contribution in [3.05, 3.63) is 71.4 Å². The molecule has 0 atom stereocenters. The molecule has 0 bridgehead atoms. The minimum Gasteiger partial charge on any atom is -0.354 e. The zero-order valence-corrected chi connectivity index (χ0v) is 20.9. The minimum atomic E-state index is -0.0792. The molecule has 7 heteroatoms. The summed E-state index contributed by atoms with van der Waals surface area (Å²) in [5, 5.41) is 3.08. The van der Waals surface area contributed by atoms with E-state index in [1.54, 1.807) is 0 Å². The van der Waals surface area contributed by atoms with Crippen molar-refractivity contribution < 1.29 is 4.79 Å². The number of carbonyl (C=O) groups excluding carboxylic acids is 1. The zero-order chi connectivity index (χ0) is 24.4. The third-order valence-corrected chi connectivity index (χ3v) is 6.99. The van der Waals surface area contributed by atoms with Crippen molar-refractivity contribution in [3.8, 4) is 11.4 Å². The lowest BCUT2D eigenvalue weighted by molar-refractivity contribution is 0.206. The molecule has 3 heterocycles. The highest BCUT2D eigenvalue weighted by atomic mass is 16.2. The molecular weight excluding hydrogens is 436 g/mol. The number of anilines is 2. The van der Waals surface area contributed by atoms with Gasteiger partial charge in [-0.05, 0) is 30.7 Å². The van der Waals surface area contributed by atoms with Crippen LogP contribution in [0, 0.1) is 0 Å². The van der Waals surface area contributed by atoms with Crippen molar-refractivity contribution in [2.75, 3.05) is 50.0 Å². The summed E-state index contributed by atoms with van der Waals surface area (Å²) in [6, 6.07) is 18.2. The quantitative estimate of drug-likeness (QED) is 0.603. The van der Waals surface area contributed by atoms with Crippen LogP contribution in [0.25, 0.3) is 11.4 Å². The lowest BCUT2D eigenvalue weighted by Crippen LogP contribution is -2.46. The van der Waals surface area contributed by atoms with Crippen LogP contribution in [0.4, 0.5) is 16.3 Å². The van der Waals surface area contributed by atoms with Gasteiger partial charge in [0.25, 0.3) is 0 Å². The number of nitrogens with one attached hydrogen (secondary N) is 1. The van der Waals surface area contributed by atoms with E-state index in [1.165, 1.54) is 5.56 Å². The number of piperazine rings is 1. The van der Waals surface area contributed by atoms with Gasteiger partial charge in [-0.25, -0.2) is 14.8 Å². The molecule has 182 valence electrons. The van der Waals surface area contributed by atoms with Crippen LogP contribution in [0.15, 0.2) is 54.6 Å². The second-order valence-corrected chi connectivity index (χ2v) is 9.83. The molecule has 2 amide bonds. The number of hydrogen-bond acceptors (Lipinski definition) is 5. The van der Waals surface area contributed by atoms with Crippen molar-refractivity contribution in [3.63, 3.8) is 0 Å². The largest absolute Gasteiger partial charge is 0.354 e. The summed E-state index contributed by atoms with van der Waals surface area (Å²) < 4.78 is 0. The molecule has 0 spiro atoms. The van der Waals surface area contributed by atoms with E-state index in [0.717, 1.165) is 66.8 Å². The molecule has 0 unspecified atom stereocenters. The first-order chi connectivity index (χ1) is 17.0. The normalized spacial score (nSPS) is 16.3. The van der Waals surface area contributed by atoms with E-state index in [0.29, 0.717) is 19.0 Å². The van der Waals surface area contributed by atoms with Crippen LogP contribution in [0.2, 0.25) is 0 Å². The van der Waals surface area contributed by atoms with Crippen molar-refractivity contribution in [1.82, 2.24) is 19.8 Å². The lowest BCUT2D eigenvalue weighted by Gasteiger charge is -2.37. The molecule has 1 saturated heterocycles. The Hall–Kier alpha value is -3.45. The molecule has 1 aromatic heterocycles. The molecular formula is C28H34N6O. The zero-order valence-electron chi connectivity index (χ0n) is 20.9. The van der Waals surface area contributed by atoms with E-state index < -0.39 is 0 Å². The lowest BCUT2D eigenvalue weighted by atomic mass is 10.0. The Morgan fingerprint density at radius 3 is 2.31 bits per heavy atom. The maximum absolute atomic E-state index is 13.2. The number of hydrogen-bond donors (Lipinski definition) is 1. The van der Waals surface area contributed by atoms with Gasteiger partial charge in [-0.2, -0.15) is 0 Å². The molecule has 1 N–H and O–H groups in total. The highest BCUT2D eigenvalue weighted by Gasteiger charge is 2.29. The van der Waals surface area contributed by atoms with Gasteiger partial charge >= 0.3 is 6.03 Å². The maximum atomic E-state index is 13.2. The summed E-state index contributed by atoms with van der Waals surface area (Å²) in [4.78, 5) is 29.7. The van der Waals surface area contributed by atoms with Gasteiger partial charge in [0.15, 0.2) is 5.82 Å². The Morgan fingerprint density at radius 1 is 0.914 bits per heavy atom. The van der Waals surface area contributed by atoms with E-state index in [-0.39, 0.29) is 6.03 Å². The number of benzene rings is 2. The summed E-state index contributed by atoms with van der Waals surface area (Å²) in [5.41, 5.74) is 5.23. The molecule has 5 rings (SSSR count). The van der Waals surface area contributed by atoms with E-state index in [2.05, 4.69) is 60.3 Å². The fraction of sp³-hybridized carbons (Fsp3) is 0.393. The van der Waals surface area contributed by atoms with Gasteiger partial charge in [-0.15, -0.1) is 0 Å². The van der Waals surface area contributed by atoms with Gasteiger partial charge in [0.2, 0.25) is 0 Å². The molecule has 2 aromatic carbocycles. The summed E-state index contributed by atoms with van der Waals surface area (Å²) in [5.74, 6) is 2.20. The number of aromatic nitrogens is 2. The number of carbonyl (C=O) groups is 1. The van der Waals surface area contributed by atoms with E-state index in [4.69, 9.17) is 9.97 Å². The summed E-state index contributed by atoms with van der Waals surface area (Å²) in [6.07, 6.45) is 0.720. The molecule has 2 aliphatic heterocycles. The molecule has 0 radical (unpaired) electrons. The van der Waals surface area contributed by atoms with Crippen LogP contribution in [0.1, 0.15) is 36.6 Å². The van der Waals surface area contributed by atoms with Gasteiger partial charge in [-0.1, -0.05) is 56.3 Å². The van der Waals surface area contributed by atoms with Crippen LogP contribution < -0.4 is 10.2 Å². The van der Waals surface area contributed by atoms with Crippen LogP contribution in [0.5, 0.6) is 0 Å². The van der Waals surface area contributed by atoms with Gasteiger partial charge in [0.05, 0.1) is 12.2 Å². The van der Waals surface area contributed by atoms with Gasteiger partial charge in [-0.3, -0.25) is 0 Å². The molecule has 2 aliphatic rings. The number of amides is 2. The van der Waals surface area contributed by atoms with E-state index in [9.17, 15) is 4.79 Å². The fourth-order valence-electron chi connectivity index (χ4n) is 4.72. The van der Waals surface area contributed by atoms with Crippen LogP contribution in [-0.4, -0.2) is 65.6 Å². The number of fused-ring (bicyclic) bond motifs is 1. The Kier molecular flexibility index (Phi) is 6.68. The van der Waals surface area contributed by atoms with Crippen LogP contribution in [0.3, 0.4) is 0 Å². The fourth-order valence-corrected chi connectivity index (χ4v) is 4.72. The maximum Gasteiger partial charge on any atom is 0.322 e. The standard InChI is InChI=1S/C28H34N6O/c1-20(2)21-9-11-23(12-10-21)29-28(35)34-14-13-25-24(19-34)27(33-17-15-32(3)16-18-33)31-26(30-25)22-7-5-4-6-8-22/h4-12,20H,13-19H2,1-3H3,(H,29,35). The molecule has 35 heavy (non-hydrogen) atoms. The minimum absolute atomic E-state index is 0.0792. The van der Waals surface area contributed by atoms with Crippen molar-refractivity contribution in [2.45, 2.75) is 32.7 Å². The number of rotatable bonds is 4. The highest BCUT2D eigenvalue weighted by Crippen LogP contribution is 2.30. The smallest absolute Gasteiger partial charge is 0.322 e. The topological polar surface area (TPSA) is 64.6 Å². The molecule has 0 saturated carbocycles. The van der Waals surface area contributed by atoms with Gasteiger partial charge in [0, 0.05) is 56.0 Å². The van der Waals surface area contributed by atoms with E-state index in [1.807, 2.05) is 35.2 Å².